The molecule has 1 fully saturated rings. The van der Waals surface area contributed by atoms with E-state index in [4.69, 9.17) is 19.1 Å². The number of aromatic nitrogens is 3. The van der Waals surface area contributed by atoms with Crippen LogP contribution in [0.2, 0.25) is 0 Å². The van der Waals surface area contributed by atoms with Gasteiger partial charge in [-0.3, -0.25) is 4.79 Å². The lowest BCUT2D eigenvalue weighted by Crippen LogP contribution is -2.37. The van der Waals surface area contributed by atoms with E-state index in [9.17, 15) is 9.59 Å². The number of ether oxygens (including phenoxy) is 1. The van der Waals surface area contributed by atoms with E-state index in [2.05, 4.69) is 20.5 Å². The first kappa shape index (κ1) is 27.0. The second-order valence-corrected chi connectivity index (χ2v) is 9.89. The Labute approximate surface area is 240 Å². The number of benzene rings is 2. The van der Waals surface area contributed by atoms with Gasteiger partial charge in [-0.15, -0.1) is 0 Å². The fourth-order valence-corrected chi connectivity index (χ4v) is 4.74. The van der Waals surface area contributed by atoms with E-state index in [0.717, 1.165) is 11.1 Å². The minimum absolute atomic E-state index is 0.000383. The zero-order valence-corrected chi connectivity index (χ0v) is 22.8. The first-order chi connectivity index (χ1) is 20.4. The number of nitrogens with one attached hydrogen (secondary N) is 2. The van der Waals surface area contributed by atoms with Crippen LogP contribution in [0.3, 0.4) is 0 Å². The third kappa shape index (κ3) is 5.96. The van der Waals surface area contributed by atoms with Crippen LogP contribution >= 0.6 is 0 Å². The van der Waals surface area contributed by atoms with Gasteiger partial charge in [-0.25, -0.2) is 24.1 Å². The second kappa shape index (κ2) is 11.8. The van der Waals surface area contributed by atoms with Crippen molar-refractivity contribution in [3.8, 4) is 22.7 Å². The minimum atomic E-state index is -0.640. The van der Waals surface area contributed by atoms with Gasteiger partial charge in [-0.1, -0.05) is 12.1 Å². The van der Waals surface area contributed by atoms with Crippen LogP contribution in [0.4, 0.5) is 26.4 Å². The molecular weight excluding hydrogens is 539 g/mol. The number of pyridine rings is 1. The SMILES string of the molecule is CC(=O)Cc1ccc(NC(=O)Nc2ccc(-c3nc(N4CCOCC4)c4ncc(-c5ccco5)cc4n3)cc2F)cc1. The predicted molar refractivity (Wildman–Crippen MR) is 157 cm³/mol. The number of anilines is 3. The van der Waals surface area contributed by atoms with Gasteiger partial charge in [0.1, 0.15) is 22.9 Å². The summed E-state index contributed by atoms with van der Waals surface area (Å²) >= 11 is 0. The maximum absolute atomic E-state index is 15.2. The number of Topliss-reactive ketones (excluding diaryl/α,β-unsaturated/α-hetero) is 1. The average molecular weight is 567 g/mol. The molecule has 2 amide bonds. The number of amides is 2. The van der Waals surface area contributed by atoms with Crippen molar-refractivity contribution in [2.24, 2.45) is 0 Å². The first-order valence-electron chi connectivity index (χ1n) is 13.4. The quantitative estimate of drug-likeness (QED) is 0.257. The molecule has 42 heavy (non-hydrogen) atoms. The standard InChI is InChI=1S/C31H27FN6O4/c1-19(39)15-20-4-7-23(8-5-20)34-31(40)36-25-9-6-21(16-24(25)32)29-35-26-17-22(27-3-2-12-42-27)18-33-28(26)30(37-29)38-10-13-41-14-11-38/h2-9,12,16-18H,10-11,13-15H2,1H3,(H2,34,36,40). The average Bonchev–Trinajstić information content (AvgIpc) is 3.54. The number of morpholine rings is 1. The molecule has 212 valence electrons. The summed E-state index contributed by atoms with van der Waals surface area (Å²) in [6.07, 6.45) is 3.63. The summed E-state index contributed by atoms with van der Waals surface area (Å²) in [5.74, 6) is 1.03. The number of carbonyl (C=O) groups excluding carboxylic acids is 2. The number of rotatable bonds is 7. The maximum Gasteiger partial charge on any atom is 0.323 e. The van der Waals surface area contributed by atoms with Crippen LogP contribution in [-0.2, 0) is 16.0 Å². The van der Waals surface area contributed by atoms with Crippen molar-refractivity contribution in [2.45, 2.75) is 13.3 Å². The van der Waals surface area contributed by atoms with Gasteiger partial charge in [0, 0.05) is 42.5 Å². The van der Waals surface area contributed by atoms with E-state index >= 15 is 4.39 Å². The molecule has 5 aromatic rings. The lowest BCUT2D eigenvalue weighted by Gasteiger charge is -2.28. The van der Waals surface area contributed by atoms with Crippen LogP contribution in [0.15, 0.2) is 77.5 Å². The molecule has 1 aliphatic heterocycles. The van der Waals surface area contributed by atoms with Crippen molar-refractivity contribution in [3.63, 3.8) is 0 Å². The van der Waals surface area contributed by atoms with Gasteiger partial charge in [0.25, 0.3) is 0 Å². The number of ketones is 1. The van der Waals surface area contributed by atoms with Gasteiger partial charge < -0.3 is 24.7 Å². The molecule has 4 heterocycles. The normalized spacial score (nSPS) is 13.2. The molecule has 2 aromatic carbocycles. The molecule has 10 nitrogen and oxygen atoms in total. The molecular formula is C31H27FN6O4. The number of nitrogens with zero attached hydrogens (tertiary/aromatic N) is 4. The molecule has 0 aliphatic carbocycles. The van der Waals surface area contributed by atoms with Crippen molar-refractivity contribution in [1.82, 2.24) is 15.0 Å². The van der Waals surface area contributed by atoms with Crippen LogP contribution in [0.1, 0.15) is 12.5 Å². The molecule has 0 bridgehead atoms. The molecule has 0 unspecified atom stereocenters. The summed E-state index contributed by atoms with van der Waals surface area (Å²) in [6.45, 7) is 3.91. The third-order valence-corrected chi connectivity index (χ3v) is 6.77. The summed E-state index contributed by atoms with van der Waals surface area (Å²) in [5.41, 5.74) is 3.78. The zero-order valence-electron chi connectivity index (χ0n) is 22.8. The number of hydrogen-bond acceptors (Lipinski definition) is 8. The Morgan fingerprint density at radius 1 is 0.976 bits per heavy atom. The molecule has 2 N–H and O–H groups in total. The third-order valence-electron chi connectivity index (χ3n) is 6.77. The molecule has 0 spiro atoms. The van der Waals surface area contributed by atoms with Gasteiger partial charge in [0.05, 0.1) is 30.7 Å². The monoisotopic (exact) mass is 566 g/mol. The van der Waals surface area contributed by atoms with Gasteiger partial charge in [0.15, 0.2) is 11.6 Å². The minimum Gasteiger partial charge on any atom is -0.464 e. The van der Waals surface area contributed by atoms with Gasteiger partial charge >= 0.3 is 6.03 Å². The number of urea groups is 1. The highest BCUT2D eigenvalue weighted by Crippen LogP contribution is 2.31. The Morgan fingerprint density at radius 2 is 1.79 bits per heavy atom. The predicted octanol–water partition coefficient (Wildman–Crippen LogP) is 5.70. The van der Waals surface area contributed by atoms with Crippen molar-refractivity contribution in [1.29, 1.82) is 0 Å². The van der Waals surface area contributed by atoms with Gasteiger partial charge in [-0.05, 0) is 61.0 Å². The topological polar surface area (TPSA) is 122 Å². The van der Waals surface area contributed by atoms with Gasteiger partial charge in [0.2, 0.25) is 0 Å². The van der Waals surface area contributed by atoms with E-state index in [0.29, 0.717) is 72.4 Å². The van der Waals surface area contributed by atoms with E-state index in [1.807, 2.05) is 12.1 Å². The first-order valence-corrected chi connectivity index (χ1v) is 13.4. The summed E-state index contributed by atoms with van der Waals surface area (Å²) < 4.78 is 26.3. The summed E-state index contributed by atoms with van der Waals surface area (Å²) in [7, 11) is 0. The Hall–Kier alpha value is -5.16. The lowest BCUT2D eigenvalue weighted by atomic mass is 10.1. The van der Waals surface area contributed by atoms with Crippen LogP contribution in [0.5, 0.6) is 0 Å². The summed E-state index contributed by atoms with van der Waals surface area (Å²) in [6, 6.07) is 16.2. The van der Waals surface area contributed by atoms with E-state index in [1.165, 1.54) is 19.1 Å². The molecule has 11 heteroatoms. The van der Waals surface area contributed by atoms with Crippen LogP contribution in [0.25, 0.3) is 33.7 Å². The molecule has 6 rings (SSSR count). The Kier molecular flexibility index (Phi) is 7.56. The highest BCUT2D eigenvalue weighted by atomic mass is 19.1. The number of halogens is 1. The lowest BCUT2D eigenvalue weighted by molar-refractivity contribution is -0.116. The fourth-order valence-electron chi connectivity index (χ4n) is 4.74. The number of furan rings is 1. The van der Waals surface area contributed by atoms with Crippen molar-refractivity contribution < 1.29 is 23.1 Å². The van der Waals surface area contributed by atoms with Crippen LogP contribution in [-0.4, -0.2) is 53.1 Å². The zero-order chi connectivity index (χ0) is 29.1. The Balaban J connectivity index is 1.26. The number of fused-ring (bicyclic) bond motifs is 1. The van der Waals surface area contributed by atoms with Crippen molar-refractivity contribution in [3.05, 3.63) is 84.5 Å². The molecule has 0 radical (unpaired) electrons. The Bertz CT molecular complexity index is 1750. The Morgan fingerprint density at radius 3 is 2.50 bits per heavy atom. The molecule has 0 saturated carbocycles. The van der Waals surface area contributed by atoms with E-state index in [1.54, 1.807) is 48.9 Å². The highest BCUT2D eigenvalue weighted by molar-refractivity contribution is 6.00. The highest BCUT2D eigenvalue weighted by Gasteiger charge is 2.20. The van der Waals surface area contributed by atoms with E-state index < -0.39 is 11.8 Å². The summed E-state index contributed by atoms with van der Waals surface area (Å²) in [4.78, 5) is 40.1. The van der Waals surface area contributed by atoms with Crippen molar-refractivity contribution >= 4 is 40.0 Å². The van der Waals surface area contributed by atoms with Crippen LogP contribution in [0, 0.1) is 5.82 Å². The number of carbonyl (C=O) groups is 2. The molecule has 0 atom stereocenters. The fraction of sp³-hybridized carbons (Fsp3) is 0.194. The molecule has 1 saturated heterocycles. The second-order valence-electron chi connectivity index (χ2n) is 9.89. The molecule has 3 aromatic heterocycles. The van der Waals surface area contributed by atoms with Crippen LogP contribution < -0.4 is 15.5 Å². The maximum atomic E-state index is 15.2. The van der Waals surface area contributed by atoms with Gasteiger partial charge in [-0.2, -0.15) is 0 Å². The molecule has 1 aliphatic rings. The van der Waals surface area contributed by atoms with Crippen molar-refractivity contribution in [2.75, 3.05) is 41.8 Å². The largest absolute Gasteiger partial charge is 0.464 e. The smallest absolute Gasteiger partial charge is 0.323 e. The van der Waals surface area contributed by atoms with E-state index in [-0.39, 0.29) is 11.5 Å². The summed E-state index contributed by atoms with van der Waals surface area (Å²) in [5, 5.41) is 5.21. The number of hydrogen-bond donors (Lipinski definition) is 2.